The van der Waals surface area contributed by atoms with Crippen LogP contribution in [0.3, 0.4) is 0 Å². The van der Waals surface area contributed by atoms with Gasteiger partial charge >= 0.3 is 0 Å². The number of benzene rings is 1. The average molecular weight is 501 g/mol. The van der Waals surface area contributed by atoms with Gasteiger partial charge in [-0.3, -0.25) is 14.4 Å². The van der Waals surface area contributed by atoms with Crippen LogP contribution in [0.15, 0.2) is 47.6 Å². The van der Waals surface area contributed by atoms with Gasteiger partial charge in [-0.2, -0.15) is 0 Å². The van der Waals surface area contributed by atoms with E-state index in [2.05, 4.69) is 40.7 Å². The van der Waals surface area contributed by atoms with Gasteiger partial charge in [0.05, 0.1) is 10.8 Å². The fraction of sp³-hybridized carbons (Fsp3) is 0.606. The van der Waals surface area contributed by atoms with Crippen LogP contribution in [0, 0.1) is 33.5 Å². The van der Waals surface area contributed by atoms with Crippen molar-refractivity contribution in [3.8, 4) is 0 Å². The number of hydrogen-bond donors (Lipinski definition) is 1. The standard InChI is InChI=1S/C33H40O4/c1-19(2)12-13-21-16-31-17-24-28(5,6)23-11-9-8-10-22(23)25(34)32(24)27(36)30(26(31)35,15-14-20(3)4)18-29(21,7)33(31,32)37/h8-12,14,21,24,37H,13,15-18H2,1-7H3/t21?,24?,29-,30?,31?,32?,33+/m0/s1. The van der Waals surface area contributed by atoms with E-state index in [1.165, 1.54) is 5.57 Å². The number of hydrogen-bond acceptors (Lipinski definition) is 4. The Kier molecular flexibility index (Phi) is 4.72. The number of aliphatic hydroxyl groups is 1. The fourth-order valence-corrected chi connectivity index (χ4v) is 10.3. The zero-order valence-corrected chi connectivity index (χ0v) is 23.3. The maximum atomic E-state index is 15.0. The van der Waals surface area contributed by atoms with Crippen molar-refractivity contribution in [3.63, 3.8) is 0 Å². The molecule has 5 fully saturated rings. The second-order valence-corrected chi connectivity index (χ2v) is 14.2. The van der Waals surface area contributed by atoms with Crippen molar-refractivity contribution in [3.05, 3.63) is 58.7 Å². The van der Waals surface area contributed by atoms with Crippen LogP contribution in [0.2, 0.25) is 0 Å². The second kappa shape index (κ2) is 7.00. The lowest BCUT2D eigenvalue weighted by atomic mass is 9.33. The minimum absolute atomic E-state index is 0.0314. The van der Waals surface area contributed by atoms with Crippen LogP contribution in [0.1, 0.15) is 96.5 Å². The number of carbonyl (C=O) groups is 3. The number of carbonyl (C=O) groups excluding carboxylic acids is 3. The molecule has 1 spiro atoms. The highest BCUT2D eigenvalue weighted by Crippen LogP contribution is 2.87. The van der Waals surface area contributed by atoms with E-state index in [1.807, 2.05) is 44.2 Å². The monoisotopic (exact) mass is 500 g/mol. The first-order valence-corrected chi connectivity index (χ1v) is 13.9. The van der Waals surface area contributed by atoms with Gasteiger partial charge in [0, 0.05) is 11.0 Å². The number of fused-ring (bicyclic) bond motifs is 1. The number of allylic oxidation sites excluding steroid dienone is 4. The van der Waals surface area contributed by atoms with Gasteiger partial charge in [0.25, 0.3) is 0 Å². The first-order valence-electron chi connectivity index (χ1n) is 13.9. The SMILES string of the molecule is CC(C)=CCC1CC23CC4C(C)(C)c5ccccc5C(=O)C45C(=O)C(CC=C(C)C)(C[C@]1(C)[C@@]25O)C3=O. The van der Waals surface area contributed by atoms with Gasteiger partial charge in [-0.15, -0.1) is 0 Å². The summed E-state index contributed by atoms with van der Waals surface area (Å²) in [6, 6.07) is 7.61. The molecule has 0 aromatic heterocycles. The summed E-state index contributed by atoms with van der Waals surface area (Å²) < 4.78 is 0. The molecule has 7 rings (SSSR count). The lowest BCUT2D eigenvalue weighted by Gasteiger charge is -2.68. The summed E-state index contributed by atoms with van der Waals surface area (Å²) in [4.78, 5) is 44.7. The summed E-state index contributed by atoms with van der Waals surface area (Å²) in [5, 5.41) is 13.3. The highest BCUT2D eigenvalue weighted by molar-refractivity contribution is 6.29. The van der Waals surface area contributed by atoms with E-state index in [0.29, 0.717) is 31.2 Å². The third kappa shape index (κ3) is 2.32. The van der Waals surface area contributed by atoms with E-state index in [-0.39, 0.29) is 23.3 Å². The van der Waals surface area contributed by atoms with E-state index in [1.54, 1.807) is 0 Å². The molecule has 0 aliphatic heterocycles. The Bertz CT molecular complexity index is 1340. The Balaban J connectivity index is 1.71. The molecule has 1 aromatic carbocycles. The Morgan fingerprint density at radius 1 is 0.946 bits per heavy atom. The highest BCUT2D eigenvalue weighted by atomic mass is 16.3. The Labute approximate surface area is 220 Å². The van der Waals surface area contributed by atoms with Crippen molar-refractivity contribution in [2.24, 2.45) is 33.5 Å². The first-order chi connectivity index (χ1) is 17.2. The van der Waals surface area contributed by atoms with Crippen LogP contribution in [0.25, 0.3) is 0 Å². The maximum Gasteiger partial charge on any atom is 0.180 e. The third-order valence-electron chi connectivity index (χ3n) is 11.8. The smallest absolute Gasteiger partial charge is 0.180 e. The van der Waals surface area contributed by atoms with Gasteiger partial charge in [-0.25, -0.2) is 0 Å². The van der Waals surface area contributed by atoms with Crippen molar-refractivity contribution < 1.29 is 19.5 Å². The topological polar surface area (TPSA) is 71.4 Å². The Hall–Kier alpha value is -2.33. The van der Waals surface area contributed by atoms with E-state index < -0.39 is 38.6 Å². The molecule has 7 atom stereocenters. The average Bonchev–Trinajstić information content (AvgIpc) is 3.15. The zero-order chi connectivity index (χ0) is 27.0. The summed E-state index contributed by atoms with van der Waals surface area (Å²) in [5.41, 5.74) is -3.14. The van der Waals surface area contributed by atoms with E-state index in [9.17, 15) is 14.7 Å². The molecular formula is C33H40O4. The van der Waals surface area contributed by atoms with Crippen molar-refractivity contribution in [1.29, 1.82) is 0 Å². The number of Topliss-reactive ketones (excluding diaryl/α,β-unsaturated/α-hetero) is 3. The largest absolute Gasteiger partial charge is 0.387 e. The molecule has 0 radical (unpaired) electrons. The van der Waals surface area contributed by atoms with Crippen molar-refractivity contribution in [1.82, 2.24) is 0 Å². The predicted molar refractivity (Wildman–Crippen MR) is 143 cm³/mol. The molecule has 4 heteroatoms. The van der Waals surface area contributed by atoms with Gasteiger partial charge in [-0.05, 0) is 82.6 Å². The van der Waals surface area contributed by atoms with Gasteiger partial charge in [-0.1, -0.05) is 68.3 Å². The van der Waals surface area contributed by atoms with Gasteiger partial charge in [0.1, 0.15) is 11.0 Å². The van der Waals surface area contributed by atoms with Gasteiger partial charge in [0.15, 0.2) is 17.3 Å². The maximum absolute atomic E-state index is 15.0. The molecule has 6 aliphatic rings. The van der Waals surface area contributed by atoms with Crippen LogP contribution in [0.5, 0.6) is 0 Å². The quantitative estimate of drug-likeness (QED) is 0.397. The zero-order valence-electron chi connectivity index (χ0n) is 23.3. The van der Waals surface area contributed by atoms with Crippen molar-refractivity contribution in [2.75, 3.05) is 0 Å². The molecule has 6 aliphatic carbocycles. The highest BCUT2D eigenvalue weighted by Gasteiger charge is 2.97. The van der Waals surface area contributed by atoms with E-state index in [4.69, 9.17) is 0 Å². The molecule has 0 saturated heterocycles. The van der Waals surface area contributed by atoms with Crippen molar-refractivity contribution >= 4 is 17.3 Å². The fourth-order valence-electron chi connectivity index (χ4n) is 10.3. The van der Waals surface area contributed by atoms with Crippen LogP contribution >= 0.6 is 0 Å². The summed E-state index contributed by atoms with van der Waals surface area (Å²) in [5.74, 6) is -1.01. The molecule has 1 aromatic rings. The molecular weight excluding hydrogens is 460 g/mol. The summed E-state index contributed by atoms with van der Waals surface area (Å²) in [7, 11) is 0. The van der Waals surface area contributed by atoms with Crippen LogP contribution in [-0.4, -0.2) is 28.1 Å². The molecule has 37 heavy (non-hydrogen) atoms. The van der Waals surface area contributed by atoms with Gasteiger partial charge in [0.2, 0.25) is 0 Å². The summed E-state index contributed by atoms with van der Waals surface area (Å²) >= 11 is 0. The molecule has 4 nitrogen and oxygen atoms in total. The lowest BCUT2D eigenvalue weighted by molar-refractivity contribution is -0.240. The molecule has 0 heterocycles. The lowest BCUT2D eigenvalue weighted by Crippen LogP contribution is -2.82. The van der Waals surface area contributed by atoms with Crippen LogP contribution in [-0.2, 0) is 15.0 Å². The third-order valence-corrected chi connectivity index (χ3v) is 11.8. The molecule has 5 saturated carbocycles. The Morgan fingerprint density at radius 3 is 2.24 bits per heavy atom. The van der Waals surface area contributed by atoms with Crippen LogP contribution in [0.4, 0.5) is 0 Å². The first kappa shape index (κ1) is 25.0. The van der Waals surface area contributed by atoms with Gasteiger partial charge < -0.3 is 5.11 Å². The molecule has 5 bridgehead atoms. The second-order valence-electron chi connectivity index (χ2n) is 14.2. The predicted octanol–water partition coefficient (Wildman–Crippen LogP) is 6.17. The minimum atomic E-state index is -1.68. The minimum Gasteiger partial charge on any atom is -0.387 e. The summed E-state index contributed by atoms with van der Waals surface area (Å²) in [6.07, 6.45) is 6.54. The van der Waals surface area contributed by atoms with Crippen LogP contribution < -0.4 is 0 Å². The van der Waals surface area contributed by atoms with E-state index in [0.717, 1.165) is 17.6 Å². The number of rotatable bonds is 4. The molecule has 196 valence electrons. The summed E-state index contributed by atoms with van der Waals surface area (Å²) in [6.45, 7) is 14.4. The number of ketones is 3. The molecule has 5 unspecified atom stereocenters. The molecule has 1 N–H and O–H groups in total. The Morgan fingerprint density at radius 2 is 1.59 bits per heavy atom. The normalized spacial score (nSPS) is 43.9. The molecule has 0 amide bonds. The van der Waals surface area contributed by atoms with E-state index >= 15 is 4.79 Å². The van der Waals surface area contributed by atoms with Crippen molar-refractivity contribution in [2.45, 2.75) is 91.6 Å².